The zero-order valence-corrected chi connectivity index (χ0v) is 11.5. The van der Waals surface area contributed by atoms with Crippen LogP contribution in [0.3, 0.4) is 0 Å². The van der Waals surface area contributed by atoms with E-state index < -0.39 is 12.0 Å². The number of carboxylic acid groups (broad SMARTS) is 1. The molecular formula is C13H17NO4S. The van der Waals surface area contributed by atoms with Crippen molar-refractivity contribution in [3.05, 3.63) is 30.3 Å². The summed E-state index contributed by atoms with van der Waals surface area (Å²) in [7, 11) is 1.49. The van der Waals surface area contributed by atoms with Gasteiger partial charge in [0, 0.05) is 25.0 Å². The van der Waals surface area contributed by atoms with E-state index in [0.29, 0.717) is 6.61 Å². The zero-order valence-electron chi connectivity index (χ0n) is 10.7. The molecule has 0 fully saturated rings. The molecule has 0 saturated heterocycles. The molecule has 1 rings (SSSR count). The van der Waals surface area contributed by atoms with Crippen molar-refractivity contribution in [2.24, 2.45) is 0 Å². The number of methoxy groups -OCH3 is 1. The predicted molar refractivity (Wildman–Crippen MR) is 73.2 cm³/mol. The Labute approximate surface area is 116 Å². The number of benzene rings is 1. The largest absolute Gasteiger partial charge is 0.480 e. The van der Waals surface area contributed by atoms with Gasteiger partial charge in [0.2, 0.25) is 5.91 Å². The van der Waals surface area contributed by atoms with E-state index in [2.05, 4.69) is 5.32 Å². The van der Waals surface area contributed by atoms with Crippen molar-refractivity contribution in [3.8, 4) is 0 Å². The first-order valence-electron chi connectivity index (χ1n) is 5.82. The third kappa shape index (κ3) is 6.26. The first-order valence-corrected chi connectivity index (χ1v) is 6.81. The molecule has 0 radical (unpaired) electrons. The minimum Gasteiger partial charge on any atom is -0.480 e. The van der Waals surface area contributed by atoms with Gasteiger partial charge in [-0.2, -0.15) is 0 Å². The molecule has 104 valence electrons. The minimum atomic E-state index is -1.05. The molecule has 0 heterocycles. The molecule has 2 N–H and O–H groups in total. The fourth-order valence-electron chi connectivity index (χ4n) is 1.39. The number of amides is 1. The van der Waals surface area contributed by atoms with Gasteiger partial charge in [-0.05, 0) is 12.1 Å². The number of carbonyl (C=O) groups excluding carboxylic acids is 1. The Morgan fingerprint density at radius 2 is 2.05 bits per heavy atom. The Bertz CT molecular complexity index is 410. The molecule has 0 saturated carbocycles. The van der Waals surface area contributed by atoms with E-state index in [-0.39, 0.29) is 18.1 Å². The molecule has 0 aliphatic rings. The third-order valence-corrected chi connectivity index (χ3v) is 3.37. The molecule has 19 heavy (non-hydrogen) atoms. The van der Waals surface area contributed by atoms with E-state index in [1.807, 2.05) is 30.3 Å². The van der Waals surface area contributed by atoms with Crippen LogP contribution in [0.4, 0.5) is 0 Å². The highest BCUT2D eigenvalue weighted by atomic mass is 32.2. The normalized spacial score (nSPS) is 11.8. The topological polar surface area (TPSA) is 75.6 Å². The van der Waals surface area contributed by atoms with Crippen molar-refractivity contribution in [1.82, 2.24) is 5.32 Å². The number of aliphatic carboxylic acids is 1. The van der Waals surface area contributed by atoms with Gasteiger partial charge in [-0.15, -0.1) is 11.8 Å². The van der Waals surface area contributed by atoms with Crippen LogP contribution in [0, 0.1) is 0 Å². The van der Waals surface area contributed by atoms with Gasteiger partial charge in [0.25, 0.3) is 0 Å². The summed E-state index contributed by atoms with van der Waals surface area (Å²) in [4.78, 5) is 23.6. The van der Waals surface area contributed by atoms with Crippen LogP contribution in [0.15, 0.2) is 35.2 Å². The van der Waals surface area contributed by atoms with Crippen molar-refractivity contribution < 1.29 is 19.4 Å². The van der Waals surface area contributed by atoms with E-state index in [1.54, 1.807) is 0 Å². The molecule has 0 aromatic heterocycles. The predicted octanol–water partition coefficient (Wildman–Crippen LogP) is 1.38. The molecule has 1 atom stereocenters. The monoisotopic (exact) mass is 283 g/mol. The highest BCUT2D eigenvalue weighted by Crippen LogP contribution is 2.16. The summed E-state index contributed by atoms with van der Waals surface area (Å²) in [6.07, 6.45) is 0.258. The summed E-state index contributed by atoms with van der Waals surface area (Å²) < 4.78 is 4.81. The number of rotatable bonds is 8. The van der Waals surface area contributed by atoms with Crippen LogP contribution >= 0.6 is 11.8 Å². The molecule has 1 unspecified atom stereocenters. The molecule has 0 aliphatic carbocycles. The number of thioether (sulfide) groups is 1. The molecular weight excluding hydrogens is 266 g/mol. The fourth-order valence-corrected chi connectivity index (χ4v) is 2.13. The van der Waals surface area contributed by atoms with Gasteiger partial charge in [-0.1, -0.05) is 18.2 Å². The van der Waals surface area contributed by atoms with E-state index in [4.69, 9.17) is 9.84 Å². The first-order chi connectivity index (χ1) is 9.13. The minimum absolute atomic E-state index is 0.195. The molecule has 1 aromatic carbocycles. The van der Waals surface area contributed by atoms with Gasteiger partial charge in [-0.3, -0.25) is 4.79 Å². The van der Waals surface area contributed by atoms with Crippen molar-refractivity contribution in [3.63, 3.8) is 0 Å². The Morgan fingerprint density at radius 1 is 1.37 bits per heavy atom. The van der Waals surface area contributed by atoms with Crippen molar-refractivity contribution in [1.29, 1.82) is 0 Å². The lowest BCUT2D eigenvalue weighted by atomic mass is 10.2. The van der Waals surface area contributed by atoms with E-state index in [9.17, 15) is 9.59 Å². The summed E-state index contributed by atoms with van der Waals surface area (Å²) in [6.45, 7) is 0.295. The lowest BCUT2D eigenvalue weighted by Crippen LogP contribution is -2.42. The highest BCUT2D eigenvalue weighted by molar-refractivity contribution is 8.00. The Morgan fingerprint density at radius 3 is 2.63 bits per heavy atom. The number of hydrogen-bond acceptors (Lipinski definition) is 4. The smallest absolute Gasteiger partial charge is 0.326 e. The molecule has 0 aliphatic heterocycles. The number of ether oxygens (including phenoxy) is 1. The zero-order chi connectivity index (χ0) is 14.1. The summed E-state index contributed by atoms with van der Waals surface area (Å²) in [6, 6.07) is 8.58. The van der Waals surface area contributed by atoms with Crippen LogP contribution in [0.1, 0.15) is 6.42 Å². The maximum absolute atomic E-state index is 11.7. The van der Waals surface area contributed by atoms with Gasteiger partial charge in [0.05, 0.1) is 5.75 Å². The van der Waals surface area contributed by atoms with Crippen LogP contribution in [0.2, 0.25) is 0 Å². The van der Waals surface area contributed by atoms with Gasteiger partial charge >= 0.3 is 5.97 Å². The van der Waals surface area contributed by atoms with Gasteiger partial charge < -0.3 is 15.2 Å². The third-order valence-electron chi connectivity index (χ3n) is 2.36. The average Bonchev–Trinajstić information content (AvgIpc) is 2.42. The molecule has 1 aromatic rings. The summed E-state index contributed by atoms with van der Waals surface area (Å²) in [5, 5.41) is 11.4. The maximum atomic E-state index is 11.7. The number of hydrogen-bond donors (Lipinski definition) is 2. The second-order valence-electron chi connectivity index (χ2n) is 3.84. The van der Waals surface area contributed by atoms with Gasteiger partial charge in [0.1, 0.15) is 6.04 Å². The van der Waals surface area contributed by atoms with Crippen LogP contribution in [-0.2, 0) is 14.3 Å². The average molecular weight is 283 g/mol. The van der Waals surface area contributed by atoms with Gasteiger partial charge in [0.15, 0.2) is 0 Å². The molecule has 5 nitrogen and oxygen atoms in total. The van der Waals surface area contributed by atoms with E-state index in [0.717, 1.165) is 4.90 Å². The quantitative estimate of drug-likeness (QED) is 0.705. The number of carboxylic acids is 1. The maximum Gasteiger partial charge on any atom is 0.326 e. The Hall–Kier alpha value is -1.53. The Kier molecular flexibility index (Phi) is 6.99. The standard InChI is InChI=1S/C13H17NO4S/c1-18-8-7-11(13(16)17)14-12(15)9-19-10-5-3-2-4-6-10/h2-6,11H,7-9H2,1H3,(H,14,15)(H,16,17). The molecule has 1 amide bonds. The highest BCUT2D eigenvalue weighted by Gasteiger charge is 2.19. The summed E-state index contributed by atoms with van der Waals surface area (Å²) >= 11 is 1.37. The van der Waals surface area contributed by atoms with Crippen molar-refractivity contribution in [2.45, 2.75) is 17.4 Å². The van der Waals surface area contributed by atoms with E-state index >= 15 is 0 Å². The second kappa shape index (κ2) is 8.55. The Balaban J connectivity index is 2.38. The van der Waals surface area contributed by atoms with Crippen LogP contribution in [0.25, 0.3) is 0 Å². The van der Waals surface area contributed by atoms with Crippen molar-refractivity contribution >= 4 is 23.6 Å². The number of carbonyl (C=O) groups is 2. The lowest BCUT2D eigenvalue weighted by Gasteiger charge is -2.13. The summed E-state index contributed by atoms with van der Waals surface area (Å²) in [5.41, 5.74) is 0. The fraction of sp³-hybridized carbons (Fsp3) is 0.385. The van der Waals surface area contributed by atoms with Crippen LogP contribution < -0.4 is 5.32 Å². The lowest BCUT2D eigenvalue weighted by molar-refractivity contribution is -0.142. The van der Waals surface area contributed by atoms with E-state index in [1.165, 1.54) is 18.9 Å². The van der Waals surface area contributed by atoms with Crippen LogP contribution in [0.5, 0.6) is 0 Å². The SMILES string of the molecule is COCCC(NC(=O)CSc1ccccc1)C(=O)O. The molecule has 6 heteroatoms. The number of nitrogens with one attached hydrogen (secondary N) is 1. The second-order valence-corrected chi connectivity index (χ2v) is 4.89. The summed E-state index contributed by atoms with van der Waals surface area (Å²) in [5.74, 6) is -1.15. The van der Waals surface area contributed by atoms with Gasteiger partial charge in [-0.25, -0.2) is 4.79 Å². The molecule has 0 spiro atoms. The van der Waals surface area contributed by atoms with Crippen LogP contribution in [-0.4, -0.2) is 42.5 Å². The molecule has 0 bridgehead atoms. The first kappa shape index (κ1) is 15.5. The van der Waals surface area contributed by atoms with Crippen molar-refractivity contribution in [2.75, 3.05) is 19.5 Å².